The first-order chi connectivity index (χ1) is 17.0. The predicted molar refractivity (Wildman–Crippen MR) is 132 cm³/mol. The molecule has 0 bridgehead atoms. The highest BCUT2D eigenvalue weighted by molar-refractivity contribution is 5.46. The van der Waals surface area contributed by atoms with Gasteiger partial charge in [0.05, 0.1) is 5.56 Å². The number of nitrogens with zero attached hydrogens (tertiary/aromatic N) is 4. The van der Waals surface area contributed by atoms with Crippen molar-refractivity contribution in [2.24, 2.45) is 5.92 Å². The topological polar surface area (TPSA) is 22.6 Å². The van der Waals surface area contributed by atoms with Crippen LogP contribution in [0.2, 0.25) is 0 Å². The second-order valence-electron chi connectivity index (χ2n) is 9.67. The Morgan fingerprint density at radius 2 is 1.63 bits per heavy atom. The molecule has 0 saturated carbocycles. The molecule has 2 aliphatic heterocycles. The summed E-state index contributed by atoms with van der Waals surface area (Å²) in [6.45, 7) is 7.13. The zero-order chi connectivity index (χ0) is 24.3. The first-order valence-corrected chi connectivity index (χ1v) is 12.3. The quantitative estimate of drug-likeness (QED) is 0.487. The smallest absolute Gasteiger partial charge is 0.369 e. The van der Waals surface area contributed by atoms with Crippen LogP contribution in [0.4, 0.5) is 18.9 Å². The Balaban J connectivity index is 1.30. The summed E-state index contributed by atoms with van der Waals surface area (Å²) in [5.74, 6) is 0.347. The van der Waals surface area contributed by atoms with Crippen LogP contribution in [0.1, 0.15) is 22.6 Å². The molecule has 2 aliphatic rings. The zero-order valence-electron chi connectivity index (χ0n) is 19.7. The molecule has 2 fully saturated rings. The van der Waals surface area contributed by atoms with Crippen LogP contribution in [0.15, 0.2) is 79.1 Å². The minimum Gasteiger partial charge on any atom is -0.369 e. The van der Waals surface area contributed by atoms with Gasteiger partial charge in [0, 0.05) is 76.4 Å². The number of anilines is 1. The van der Waals surface area contributed by atoms with Gasteiger partial charge in [-0.2, -0.15) is 13.2 Å². The summed E-state index contributed by atoms with van der Waals surface area (Å²) in [4.78, 5) is 11.5. The van der Waals surface area contributed by atoms with E-state index < -0.39 is 11.7 Å². The fourth-order valence-corrected chi connectivity index (χ4v) is 5.51. The van der Waals surface area contributed by atoms with E-state index in [1.165, 1.54) is 17.8 Å². The molecular weight excluding hydrogens is 449 g/mol. The zero-order valence-corrected chi connectivity index (χ0v) is 19.7. The highest BCUT2D eigenvalue weighted by atomic mass is 19.4. The van der Waals surface area contributed by atoms with Crippen molar-refractivity contribution in [1.82, 2.24) is 14.8 Å². The number of rotatable bonds is 6. The number of aromatic nitrogens is 1. The van der Waals surface area contributed by atoms with Gasteiger partial charge in [0.25, 0.3) is 0 Å². The van der Waals surface area contributed by atoms with Crippen molar-refractivity contribution in [3.63, 3.8) is 0 Å². The maximum atomic E-state index is 13.4. The maximum absolute atomic E-state index is 13.4. The molecule has 3 aromatic rings. The van der Waals surface area contributed by atoms with Crippen LogP contribution in [0.5, 0.6) is 0 Å². The van der Waals surface area contributed by atoms with Crippen LogP contribution in [-0.2, 0) is 12.7 Å². The fraction of sp³-hybridized carbons (Fsp3) is 0.393. The summed E-state index contributed by atoms with van der Waals surface area (Å²) < 4.78 is 40.3. The van der Waals surface area contributed by atoms with Crippen LogP contribution in [0.3, 0.4) is 0 Å². The number of hydrogen-bond acceptors (Lipinski definition) is 4. The number of benzene rings is 2. The van der Waals surface area contributed by atoms with E-state index in [4.69, 9.17) is 0 Å². The summed E-state index contributed by atoms with van der Waals surface area (Å²) in [6, 6.07) is 20.4. The molecule has 0 aliphatic carbocycles. The SMILES string of the molecule is FC(F)(F)c1cccc(C2CN(Cc3cccnc3)CC2CN2CCN(c3ccccc3)CC2)c1. The molecule has 0 N–H and O–H groups in total. The summed E-state index contributed by atoms with van der Waals surface area (Å²) in [5.41, 5.74) is 2.61. The third-order valence-electron chi connectivity index (χ3n) is 7.27. The van der Waals surface area contributed by atoms with Crippen LogP contribution in [0, 0.1) is 5.92 Å². The standard InChI is InChI=1S/C28H31F3N4/c29-28(30,31)25-8-4-7-23(16-25)27-21-34(18-22-6-5-11-32-17-22)20-24(27)19-33-12-14-35(15-13-33)26-9-2-1-3-10-26/h1-11,16-17,24,27H,12-15,18-21H2. The maximum Gasteiger partial charge on any atom is 0.416 e. The highest BCUT2D eigenvalue weighted by Crippen LogP contribution is 2.37. The van der Waals surface area contributed by atoms with E-state index in [-0.39, 0.29) is 11.8 Å². The Bertz CT molecular complexity index is 1080. The fourth-order valence-electron chi connectivity index (χ4n) is 5.51. The molecule has 4 nitrogen and oxygen atoms in total. The third kappa shape index (κ3) is 5.85. The first kappa shape index (κ1) is 23.8. The van der Waals surface area contributed by atoms with Crippen LogP contribution in [0.25, 0.3) is 0 Å². The number of hydrogen-bond donors (Lipinski definition) is 0. The summed E-state index contributed by atoms with van der Waals surface area (Å²) in [6.07, 6.45) is -0.695. The molecule has 5 rings (SSSR count). The normalized spacial score (nSPS) is 22.0. The van der Waals surface area contributed by atoms with E-state index in [9.17, 15) is 13.2 Å². The summed E-state index contributed by atoms with van der Waals surface area (Å²) in [5, 5.41) is 0. The van der Waals surface area contributed by atoms with Crippen LogP contribution in [-0.4, -0.2) is 60.6 Å². The lowest BCUT2D eigenvalue weighted by Gasteiger charge is -2.38. The van der Waals surface area contributed by atoms with Crippen molar-refractivity contribution in [3.05, 3.63) is 95.8 Å². The van der Waals surface area contributed by atoms with E-state index in [1.54, 1.807) is 12.3 Å². The number of pyridine rings is 1. The monoisotopic (exact) mass is 480 g/mol. The van der Waals surface area contributed by atoms with Gasteiger partial charge >= 0.3 is 6.18 Å². The molecule has 1 aromatic heterocycles. The predicted octanol–water partition coefficient (Wildman–Crippen LogP) is 5.14. The average molecular weight is 481 g/mol. The number of alkyl halides is 3. The number of halogens is 3. The summed E-state index contributed by atoms with van der Waals surface area (Å²) >= 11 is 0. The van der Waals surface area contributed by atoms with E-state index in [0.717, 1.165) is 63.5 Å². The van der Waals surface area contributed by atoms with E-state index in [0.29, 0.717) is 0 Å². The Kier molecular flexibility index (Phi) is 7.07. The van der Waals surface area contributed by atoms with E-state index in [1.807, 2.05) is 24.4 Å². The first-order valence-electron chi connectivity index (χ1n) is 12.3. The van der Waals surface area contributed by atoms with Gasteiger partial charge < -0.3 is 4.90 Å². The van der Waals surface area contributed by atoms with Crippen molar-refractivity contribution in [2.45, 2.75) is 18.6 Å². The second-order valence-corrected chi connectivity index (χ2v) is 9.67. The summed E-state index contributed by atoms with van der Waals surface area (Å²) in [7, 11) is 0. The highest BCUT2D eigenvalue weighted by Gasteiger charge is 2.37. The van der Waals surface area contributed by atoms with Crippen molar-refractivity contribution in [3.8, 4) is 0 Å². The minimum absolute atomic E-state index is 0.0705. The average Bonchev–Trinajstić information content (AvgIpc) is 3.27. The largest absolute Gasteiger partial charge is 0.416 e. The van der Waals surface area contributed by atoms with Crippen molar-refractivity contribution in [2.75, 3.05) is 50.7 Å². The van der Waals surface area contributed by atoms with Gasteiger partial charge in [0.15, 0.2) is 0 Å². The van der Waals surface area contributed by atoms with Gasteiger partial charge in [0.2, 0.25) is 0 Å². The van der Waals surface area contributed by atoms with Gasteiger partial charge in [-0.05, 0) is 41.3 Å². The minimum atomic E-state index is -4.33. The Hall–Kier alpha value is -2.90. The molecule has 7 heteroatoms. The Morgan fingerprint density at radius 1 is 0.829 bits per heavy atom. The lowest BCUT2D eigenvalue weighted by atomic mass is 9.87. The molecule has 2 aromatic carbocycles. The molecular formula is C28H31F3N4. The molecule has 0 amide bonds. The molecule has 2 unspecified atom stereocenters. The van der Waals surface area contributed by atoms with Gasteiger partial charge in [-0.1, -0.05) is 42.5 Å². The molecule has 3 heterocycles. The molecule has 184 valence electrons. The van der Waals surface area contributed by atoms with Gasteiger partial charge in [0.1, 0.15) is 0 Å². The van der Waals surface area contributed by atoms with Gasteiger partial charge in [-0.3, -0.25) is 14.8 Å². The Labute approximate surface area is 205 Å². The lowest BCUT2D eigenvalue weighted by Crippen LogP contribution is -2.48. The number of piperazine rings is 1. The van der Waals surface area contributed by atoms with Crippen LogP contribution < -0.4 is 4.90 Å². The lowest BCUT2D eigenvalue weighted by molar-refractivity contribution is -0.137. The van der Waals surface area contributed by atoms with Gasteiger partial charge in [-0.25, -0.2) is 0 Å². The molecule has 0 radical (unpaired) electrons. The van der Waals surface area contributed by atoms with E-state index >= 15 is 0 Å². The Morgan fingerprint density at radius 3 is 2.34 bits per heavy atom. The van der Waals surface area contributed by atoms with E-state index in [2.05, 4.69) is 50.0 Å². The van der Waals surface area contributed by atoms with Crippen LogP contribution >= 0.6 is 0 Å². The number of para-hydroxylation sites is 1. The van der Waals surface area contributed by atoms with Crippen molar-refractivity contribution >= 4 is 5.69 Å². The molecule has 35 heavy (non-hydrogen) atoms. The molecule has 0 spiro atoms. The number of likely N-dealkylation sites (tertiary alicyclic amines) is 1. The second kappa shape index (κ2) is 10.4. The van der Waals surface area contributed by atoms with Gasteiger partial charge in [-0.15, -0.1) is 0 Å². The van der Waals surface area contributed by atoms with Crippen molar-refractivity contribution < 1.29 is 13.2 Å². The van der Waals surface area contributed by atoms with Crippen molar-refractivity contribution in [1.29, 1.82) is 0 Å². The molecule has 2 atom stereocenters. The molecule has 2 saturated heterocycles. The third-order valence-corrected chi connectivity index (χ3v) is 7.27.